The van der Waals surface area contributed by atoms with Gasteiger partial charge in [-0.2, -0.15) is 5.10 Å². The van der Waals surface area contributed by atoms with Gasteiger partial charge in [0.05, 0.1) is 0 Å². The number of nitrogens with two attached hydrogens (primary N) is 1. The molecule has 1 saturated carbocycles. The highest BCUT2D eigenvalue weighted by Gasteiger charge is 2.24. The van der Waals surface area contributed by atoms with Gasteiger partial charge in [-0.1, -0.05) is 12.8 Å². The monoisotopic (exact) mass is 224 g/mol. The molecular formula is C11H20N4O. The molecule has 0 radical (unpaired) electrons. The molecule has 1 heterocycles. The average Bonchev–Trinajstić information content (AvgIpc) is 2.50. The van der Waals surface area contributed by atoms with Crippen molar-refractivity contribution in [1.29, 1.82) is 0 Å². The van der Waals surface area contributed by atoms with Crippen LogP contribution in [-0.4, -0.2) is 20.4 Å². The Bertz CT molecular complexity index is 420. The highest BCUT2D eigenvalue weighted by molar-refractivity contribution is 4.92. The summed E-state index contributed by atoms with van der Waals surface area (Å²) in [5.74, 6) is 1.34. The predicted molar refractivity (Wildman–Crippen MR) is 62.1 cm³/mol. The Morgan fingerprint density at radius 3 is 2.62 bits per heavy atom. The van der Waals surface area contributed by atoms with Crippen LogP contribution < -0.4 is 11.4 Å². The number of aryl methyl sites for hydroxylation is 1. The van der Waals surface area contributed by atoms with Crippen molar-refractivity contribution in [3.63, 3.8) is 0 Å². The fourth-order valence-electron chi connectivity index (χ4n) is 2.51. The van der Waals surface area contributed by atoms with E-state index in [4.69, 9.17) is 5.73 Å². The Hall–Kier alpha value is -1.10. The van der Waals surface area contributed by atoms with Crippen LogP contribution in [0.25, 0.3) is 0 Å². The van der Waals surface area contributed by atoms with Crippen LogP contribution in [0.1, 0.15) is 31.5 Å². The van der Waals surface area contributed by atoms with Gasteiger partial charge in [-0.3, -0.25) is 4.57 Å². The van der Waals surface area contributed by atoms with Crippen molar-refractivity contribution in [2.24, 2.45) is 25.7 Å². The summed E-state index contributed by atoms with van der Waals surface area (Å²) in [6.45, 7) is 0. The molecular weight excluding hydrogens is 204 g/mol. The summed E-state index contributed by atoms with van der Waals surface area (Å²) in [4.78, 5) is 11.5. The van der Waals surface area contributed by atoms with Gasteiger partial charge in [0.1, 0.15) is 5.82 Å². The van der Waals surface area contributed by atoms with E-state index in [2.05, 4.69) is 5.10 Å². The highest BCUT2D eigenvalue weighted by atomic mass is 16.2. The fourth-order valence-corrected chi connectivity index (χ4v) is 2.51. The molecule has 0 unspecified atom stereocenters. The number of hydrogen-bond donors (Lipinski definition) is 1. The SMILES string of the molecule is Cn1nc(C[C@@H]2CCCC[C@@H]2N)n(C)c1=O. The second-order valence-corrected chi connectivity index (χ2v) is 4.79. The minimum atomic E-state index is -0.0561. The Morgan fingerprint density at radius 2 is 2.06 bits per heavy atom. The predicted octanol–water partition coefficient (Wildman–Crippen LogP) is 0.179. The molecule has 1 aromatic rings. The van der Waals surface area contributed by atoms with E-state index in [9.17, 15) is 4.79 Å². The summed E-state index contributed by atoms with van der Waals surface area (Å²) < 4.78 is 3.02. The quantitative estimate of drug-likeness (QED) is 0.779. The zero-order chi connectivity index (χ0) is 11.7. The lowest BCUT2D eigenvalue weighted by Gasteiger charge is -2.27. The van der Waals surface area contributed by atoms with Crippen molar-refractivity contribution in [3.05, 3.63) is 16.3 Å². The summed E-state index contributed by atoms with van der Waals surface area (Å²) in [6.07, 6.45) is 5.57. The lowest BCUT2D eigenvalue weighted by atomic mass is 9.83. The van der Waals surface area contributed by atoms with Crippen molar-refractivity contribution >= 4 is 0 Å². The van der Waals surface area contributed by atoms with Crippen LogP contribution in [0.15, 0.2) is 4.79 Å². The van der Waals surface area contributed by atoms with E-state index in [-0.39, 0.29) is 11.7 Å². The van der Waals surface area contributed by atoms with Gasteiger partial charge >= 0.3 is 5.69 Å². The Balaban J connectivity index is 2.13. The molecule has 16 heavy (non-hydrogen) atoms. The third-order valence-corrected chi connectivity index (χ3v) is 3.63. The van der Waals surface area contributed by atoms with Crippen molar-refractivity contribution in [1.82, 2.24) is 14.3 Å². The van der Waals surface area contributed by atoms with Crippen molar-refractivity contribution in [3.8, 4) is 0 Å². The Labute approximate surface area is 95.2 Å². The van der Waals surface area contributed by atoms with E-state index in [0.717, 1.165) is 25.1 Å². The van der Waals surface area contributed by atoms with E-state index < -0.39 is 0 Å². The number of nitrogens with zero attached hydrogens (tertiary/aromatic N) is 3. The summed E-state index contributed by atoms with van der Waals surface area (Å²) in [6, 6.07) is 0.269. The topological polar surface area (TPSA) is 65.8 Å². The van der Waals surface area contributed by atoms with Crippen LogP contribution in [0, 0.1) is 5.92 Å². The molecule has 90 valence electrons. The average molecular weight is 224 g/mol. The van der Waals surface area contributed by atoms with Crippen molar-refractivity contribution in [2.45, 2.75) is 38.1 Å². The van der Waals surface area contributed by atoms with Crippen molar-refractivity contribution in [2.75, 3.05) is 0 Å². The van der Waals surface area contributed by atoms with Crippen LogP contribution in [0.3, 0.4) is 0 Å². The van der Waals surface area contributed by atoms with Crippen LogP contribution in [0.2, 0.25) is 0 Å². The van der Waals surface area contributed by atoms with E-state index in [1.54, 1.807) is 18.7 Å². The molecule has 1 aliphatic carbocycles. The molecule has 2 rings (SSSR count). The molecule has 2 atom stereocenters. The fraction of sp³-hybridized carbons (Fsp3) is 0.818. The van der Waals surface area contributed by atoms with E-state index >= 15 is 0 Å². The molecule has 0 saturated heterocycles. The van der Waals surface area contributed by atoms with Gasteiger partial charge in [0.15, 0.2) is 0 Å². The molecule has 0 spiro atoms. The maximum Gasteiger partial charge on any atom is 0.345 e. The maximum atomic E-state index is 11.5. The van der Waals surface area contributed by atoms with Gasteiger partial charge in [0, 0.05) is 26.6 Å². The molecule has 0 amide bonds. The van der Waals surface area contributed by atoms with Crippen LogP contribution in [0.5, 0.6) is 0 Å². The zero-order valence-electron chi connectivity index (χ0n) is 10.0. The van der Waals surface area contributed by atoms with E-state index in [0.29, 0.717) is 5.92 Å². The minimum Gasteiger partial charge on any atom is -0.327 e. The molecule has 0 bridgehead atoms. The van der Waals surface area contributed by atoms with Gasteiger partial charge in [-0.15, -0.1) is 0 Å². The van der Waals surface area contributed by atoms with Crippen LogP contribution >= 0.6 is 0 Å². The molecule has 0 aromatic carbocycles. The molecule has 1 fully saturated rings. The molecule has 1 aliphatic rings. The third-order valence-electron chi connectivity index (χ3n) is 3.63. The second kappa shape index (κ2) is 4.41. The lowest BCUT2D eigenvalue weighted by Crippen LogP contribution is -2.35. The van der Waals surface area contributed by atoms with Gasteiger partial charge < -0.3 is 5.73 Å². The number of aromatic nitrogens is 3. The first kappa shape index (κ1) is 11.4. The van der Waals surface area contributed by atoms with Gasteiger partial charge in [-0.25, -0.2) is 9.48 Å². The van der Waals surface area contributed by atoms with Crippen molar-refractivity contribution < 1.29 is 0 Å². The van der Waals surface area contributed by atoms with Gasteiger partial charge in [-0.05, 0) is 18.8 Å². The third kappa shape index (κ3) is 2.04. The standard InChI is InChI=1S/C11H20N4O/c1-14-10(13-15(2)11(14)16)7-8-5-3-4-6-9(8)12/h8-9H,3-7,12H2,1-2H3/t8-,9-/m0/s1. The Kier molecular flexibility index (Phi) is 3.14. The van der Waals surface area contributed by atoms with Gasteiger partial charge in [0.25, 0.3) is 0 Å². The van der Waals surface area contributed by atoms with Crippen LogP contribution in [-0.2, 0) is 20.5 Å². The number of rotatable bonds is 2. The first-order valence-electron chi connectivity index (χ1n) is 5.94. The second-order valence-electron chi connectivity index (χ2n) is 4.79. The van der Waals surface area contributed by atoms with E-state index in [1.165, 1.54) is 17.5 Å². The Morgan fingerprint density at radius 1 is 1.38 bits per heavy atom. The first-order chi connectivity index (χ1) is 7.59. The maximum absolute atomic E-state index is 11.5. The molecule has 2 N–H and O–H groups in total. The largest absolute Gasteiger partial charge is 0.345 e. The van der Waals surface area contributed by atoms with E-state index in [1.807, 2.05) is 0 Å². The first-order valence-corrected chi connectivity index (χ1v) is 5.94. The molecule has 5 nitrogen and oxygen atoms in total. The normalized spacial score (nSPS) is 25.9. The molecule has 0 aliphatic heterocycles. The molecule has 1 aromatic heterocycles. The number of hydrogen-bond acceptors (Lipinski definition) is 3. The summed E-state index contributed by atoms with van der Waals surface area (Å²) in [5, 5.41) is 4.25. The molecule has 5 heteroatoms. The summed E-state index contributed by atoms with van der Waals surface area (Å²) in [7, 11) is 3.46. The lowest BCUT2D eigenvalue weighted by molar-refractivity contribution is 0.300. The van der Waals surface area contributed by atoms with Crippen LogP contribution in [0.4, 0.5) is 0 Å². The summed E-state index contributed by atoms with van der Waals surface area (Å²) >= 11 is 0. The summed E-state index contributed by atoms with van der Waals surface area (Å²) in [5.41, 5.74) is 6.04. The smallest absolute Gasteiger partial charge is 0.327 e. The van der Waals surface area contributed by atoms with Gasteiger partial charge in [0.2, 0.25) is 0 Å². The zero-order valence-corrected chi connectivity index (χ0v) is 10.0. The minimum absolute atomic E-state index is 0.0561. The highest BCUT2D eigenvalue weighted by Crippen LogP contribution is 2.25.